The lowest BCUT2D eigenvalue weighted by atomic mass is 10.0. The van der Waals surface area contributed by atoms with E-state index in [1.807, 2.05) is 6.07 Å². The van der Waals surface area contributed by atoms with E-state index in [9.17, 15) is 19.6 Å². The number of nitrogens with one attached hydrogen (secondary N) is 1. The van der Waals surface area contributed by atoms with Crippen molar-refractivity contribution in [1.82, 2.24) is 14.5 Å². The molecule has 12 heteroatoms. The minimum Gasteiger partial charge on any atom is -0.451 e. The van der Waals surface area contributed by atoms with Crippen molar-refractivity contribution < 1.29 is 14.0 Å². The number of carbonyl (C=O) groups excluding carboxylic acids is 2. The molecule has 3 heterocycles. The number of nitrogens with two attached hydrogens (primary N) is 1. The van der Waals surface area contributed by atoms with E-state index in [-0.39, 0.29) is 28.4 Å². The Labute approximate surface area is 213 Å². The molecule has 4 aromatic rings. The van der Waals surface area contributed by atoms with Crippen molar-refractivity contribution in [3.8, 4) is 17.2 Å². The van der Waals surface area contributed by atoms with E-state index in [1.54, 1.807) is 6.07 Å². The van der Waals surface area contributed by atoms with Gasteiger partial charge in [-0.1, -0.05) is 23.2 Å². The number of benzene rings is 1. The van der Waals surface area contributed by atoms with E-state index in [1.165, 1.54) is 55.4 Å². The van der Waals surface area contributed by atoms with Gasteiger partial charge in [0.15, 0.2) is 6.39 Å². The lowest BCUT2D eigenvalue weighted by Gasteiger charge is -2.20. The van der Waals surface area contributed by atoms with Crippen molar-refractivity contribution in [2.75, 3.05) is 5.32 Å². The summed E-state index contributed by atoms with van der Waals surface area (Å²) >= 11 is 12.6. The quantitative estimate of drug-likeness (QED) is 0.375. The lowest BCUT2D eigenvalue weighted by molar-refractivity contribution is -0.119. The summed E-state index contributed by atoms with van der Waals surface area (Å²) in [4.78, 5) is 45.6. The molecule has 0 bridgehead atoms. The molecule has 36 heavy (non-hydrogen) atoms. The van der Waals surface area contributed by atoms with Crippen LogP contribution in [0.2, 0.25) is 10.0 Å². The number of nitrogens with zero attached hydrogens (tertiary/aromatic N) is 4. The first kappa shape index (κ1) is 24.7. The topological polar surface area (TPSA) is 157 Å². The molecule has 2 amide bonds. The number of pyridine rings is 2. The van der Waals surface area contributed by atoms with Gasteiger partial charge in [-0.3, -0.25) is 14.4 Å². The van der Waals surface area contributed by atoms with Gasteiger partial charge in [0.25, 0.3) is 11.5 Å². The number of carbonyl (C=O) groups is 2. The summed E-state index contributed by atoms with van der Waals surface area (Å²) in [5.41, 5.74) is 6.34. The highest BCUT2D eigenvalue weighted by atomic mass is 35.5. The average molecular weight is 523 g/mol. The summed E-state index contributed by atoms with van der Waals surface area (Å²) in [6.07, 6.45) is 5.16. The molecular formula is C24H16Cl2N6O4. The molecule has 3 aromatic heterocycles. The van der Waals surface area contributed by atoms with Crippen LogP contribution in [0.5, 0.6) is 0 Å². The lowest BCUT2D eigenvalue weighted by Crippen LogP contribution is -2.34. The van der Waals surface area contributed by atoms with Crippen LogP contribution in [-0.4, -0.2) is 26.3 Å². The van der Waals surface area contributed by atoms with Crippen LogP contribution in [0.3, 0.4) is 0 Å². The van der Waals surface area contributed by atoms with Crippen molar-refractivity contribution in [3.05, 3.63) is 98.8 Å². The van der Waals surface area contributed by atoms with Gasteiger partial charge < -0.3 is 20.0 Å². The van der Waals surface area contributed by atoms with Gasteiger partial charge >= 0.3 is 0 Å². The van der Waals surface area contributed by atoms with Gasteiger partial charge in [-0.25, -0.2) is 9.97 Å². The van der Waals surface area contributed by atoms with Crippen molar-refractivity contribution in [2.24, 2.45) is 5.73 Å². The van der Waals surface area contributed by atoms with Crippen molar-refractivity contribution >= 4 is 40.7 Å². The highest BCUT2D eigenvalue weighted by molar-refractivity contribution is 6.34. The van der Waals surface area contributed by atoms with Gasteiger partial charge in [-0.2, -0.15) is 5.26 Å². The van der Waals surface area contributed by atoms with Crippen molar-refractivity contribution in [2.45, 2.75) is 12.5 Å². The number of oxazole rings is 1. The van der Waals surface area contributed by atoms with Crippen molar-refractivity contribution in [1.29, 1.82) is 5.26 Å². The van der Waals surface area contributed by atoms with Crippen LogP contribution in [0, 0.1) is 11.3 Å². The molecule has 0 aliphatic rings. The molecule has 180 valence electrons. The normalized spacial score (nSPS) is 11.5. The highest BCUT2D eigenvalue weighted by Crippen LogP contribution is 2.32. The predicted octanol–water partition coefficient (Wildman–Crippen LogP) is 3.60. The average Bonchev–Trinajstić information content (AvgIpc) is 3.37. The molecular weight excluding hydrogens is 507 g/mol. The molecule has 0 saturated carbocycles. The number of halogens is 2. The van der Waals surface area contributed by atoms with Gasteiger partial charge in [0, 0.05) is 34.8 Å². The van der Waals surface area contributed by atoms with E-state index in [0.717, 1.165) is 4.57 Å². The molecule has 10 nitrogen and oxygen atoms in total. The summed E-state index contributed by atoms with van der Waals surface area (Å²) in [7, 11) is 0. The minimum absolute atomic E-state index is 0.00528. The summed E-state index contributed by atoms with van der Waals surface area (Å²) in [6, 6.07) is 9.64. The third-order valence-corrected chi connectivity index (χ3v) is 5.77. The maximum atomic E-state index is 13.3. The maximum Gasteiger partial charge on any atom is 0.267 e. The number of amides is 2. The van der Waals surface area contributed by atoms with E-state index in [0.29, 0.717) is 21.8 Å². The van der Waals surface area contributed by atoms with Gasteiger partial charge in [-0.05, 0) is 30.3 Å². The Morgan fingerprint density at radius 3 is 2.61 bits per heavy atom. The minimum atomic E-state index is -1.08. The SMILES string of the molecule is N#Cc1ccc(Cl)cc1-c1cc(=O)n(C(Cc2cocn2)C(=O)Nc2ccc(C(N)=O)nc2)cc1Cl. The molecule has 0 fully saturated rings. The zero-order valence-corrected chi connectivity index (χ0v) is 19.8. The van der Waals surface area contributed by atoms with Gasteiger partial charge in [-0.15, -0.1) is 0 Å². The molecule has 4 rings (SSSR count). The largest absolute Gasteiger partial charge is 0.451 e. The Morgan fingerprint density at radius 1 is 1.17 bits per heavy atom. The Balaban J connectivity index is 1.73. The van der Waals surface area contributed by atoms with Crippen LogP contribution < -0.4 is 16.6 Å². The Morgan fingerprint density at radius 2 is 1.97 bits per heavy atom. The molecule has 0 saturated heterocycles. The zero-order chi connectivity index (χ0) is 25.8. The second-order valence-electron chi connectivity index (χ2n) is 7.57. The fourth-order valence-corrected chi connectivity index (χ4v) is 3.94. The number of aromatic nitrogens is 3. The summed E-state index contributed by atoms with van der Waals surface area (Å²) in [5, 5.41) is 12.6. The molecule has 0 aliphatic carbocycles. The molecule has 3 N–H and O–H groups in total. The molecule has 0 radical (unpaired) electrons. The van der Waals surface area contributed by atoms with Crippen LogP contribution >= 0.6 is 23.2 Å². The third-order valence-electron chi connectivity index (χ3n) is 5.23. The number of primary amides is 1. The van der Waals surface area contributed by atoms with Crippen LogP contribution in [0.25, 0.3) is 11.1 Å². The third kappa shape index (κ3) is 5.27. The van der Waals surface area contributed by atoms with Gasteiger partial charge in [0.05, 0.1) is 34.2 Å². The second-order valence-corrected chi connectivity index (χ2v) is 8.41. The Bertz CT molecular complexity index is 1540. The molecule has 1 atom stereocenters. The monoisotopic (exact) mass is 522 g/mol. The van der Waals surface area contributed by atoms with Crippen molar-refractivity contribution in [3.63, 3.8) is 0 Å². The van der Waals surface area contributed by atoms with Crippen LogP contribution in [0.1, 0.15) is 27.8 Å². The smallest absolute Gasteiger partial charge is 0.267 e. The standard InChI is InChI=1S/C24H16Cl2N6O4/c25-14-2-1-13(8-27)17(5-14)18-7-22(33)32(10-19(18)26)21(6-16-11-36-12-30-16)24(35)31-15-3-4-20(23(28)34)29-9-15/h1-5,7,9-12,21H,6H2,(H2,28,34)(H,31,35). The first-order chi connectivity index (χ1) is 17.3. The number of nitriles is 1. The first-order valence-electron chi connectivity index (χ1n) is 10.3. The van der Waals surface area contributed by atoms with E-state index < -0.39 is 23.4 Å². The summed E-state index contributed by atoms with van der Waals surface area (Å²) in [5.74, 6) is -1.28. The number of hydrogen-bond donors (Lipinski definition) is 2. The maximum absolute atomic E-state index is 13.3. The first-order valence-corrected chi connectivity index (χ1v) is 11.1. The zero-order valence-electron chi connectivity index (χ0n) is 18.3. The molecule has 0 spiro atoms. The number of rotatable bonds is 7. The predicted molar refractivity (Wildman–Crippen MR) is 132 cm³/mol. The van der Waals surface area contributed by atoms with Crippen LogP contribution in [0.15, 0.2) is 70.7 Å². The molecule has 0 aliphatic heterocycles. The van der Waals surface area contributed by atoms with Crippen LogP contribution in [0.4, 0.5) is 5.69 Å². The fraction of sp³-hybridized carbons (Fsp3) is 0.0833. The van der Waals surface area contributed by atoms with E-state index in [2.05, 4.69) is 15.3 Å². The second kappa shape index (κ2) is 10.4. The number of hydrogen-bond acceptors (Lipinski definition) is 7. The van der Waals surface area contributed by atoms with Crippen LogP contribution in [-0.2, 0) is 11.2 Å². The Kier molecular flexibility index (Phi) is 7.15. The summed E-state index contributed by atoms with van der Waals surface area (Å²) < 4.78 is 6.16. The highest BCUT2D eigenvalue weighted by Gasteiger charge is 2.25. The Hall–Kier alpha value is -4.46. The van der Waals surface area contributed by atoms with Gasteiger partial charge in [0.2, 0.25) is 5.91 Å². The summed E-state index contributed by atoms with van der Waals surface area (Å²) in [6.45, 7) is 0. The molecule has 1 aromatic carbocycles. The van der Waals surface area contributed by atoms with Gasteiger partial charge in [0.1, 0.15) is 18.0 Å². The molecule has 1 unspecified atom stereocenters. The number of anilines is 1. The van der Waals surface area contributed by atoms with E-state index in [4.69, 9.17) is 33.4 Å². The van der Waals surface area contributed by atoms with E-state index >= 15 is 0 Å². The fourth-order valence-electron chi connectivity index (χ4n) is 3.50.